The summed E-state index contributed by atoms with van der Waals surface area (Å²) < 4.78 is 6.00. The Labute approximate surface area is 144 Å². The molecular weight excluding hydrogens is 300 g/mol. The first-order chi connectivity index (χ1) is 11.3. The maximum absolute atomic E-state index is 12.4. The molecule has 3 heteroatoms. The fourth-order valence-electron chi connectivity index (χ4n) is 7.71. The highest BCUT2D eigenvalue weighted by atomic mass is 16.6. The van der Waals surface area contributed by atoms with Crippen LogP contribution in [0.1, 0.15) is 65.7 Å². The lowest BCUT2D eigenvalue weighted by Crippen LogP contribution is -2.54. The van der Waals surface area contributed by atoms with Gasteiger partial charge >= 0.3 is 0 Å². The number of ketones is 1. The summed E-state index contributed by atoms with van der Waals surface area (Å²) in [6.07, 6.45) is 10.0. The highest BCUT2D eigenvalue weighted by molar-refractivity contribution is 5.90. The van der Waals surface area contributed by atoms with Crippen LogP contribution in [-0.4, -0.2) is 28.7 Å². The number of ether oxygens (including phenoxy) is 1. The van der Waals surface area contributed by atoms with Crippen molar-refractivity contribution in [1.29, 1.82) is 0 Å². The molecule has 0 aromatic carbocycles. The lowest BCUT2D eigenvalue weighted by atomic mass is 9.47. The van der Waals surface area contributed by atoms with Gasteiger partial charge < -0.3 is 9.84 Å². The molecule has 1 heterocycles. The van der Waals surface area contributed by atoms with E-state index in [9.17, 15) is 9.90 Å². The number of carbonyl (C=O) groups excluding carboxylic acids is 1. The minimum absolute atomic E-state index is 0.0422. The second-order valence-electron chi connectivity index (χ2n) is 9.75. The zero-order chi connectivity index (χ0) is 16.9. The Bertz CT molecular complexity index is 639. The molecule has 5 rings (SSSR count). The zero-order valence-corrected chi connectivity index (χ0v) is 15.2. The molecule has 1 aliphatic heterocycles. The van der Waals surface area contributed by atoms with Crippen molar-refractivity contribution in [2.75, 3.05) is 0 Å². The van der Waals surface area contributed by atoms with Crippen LogP contribution in [0.15, 0.2) is 11.6 Å². The van der Waals surface area contributed by atoms with Crippen LogP contribution < -0.4 is 0 Å². The summed E-state index contributed by atoms with van der Waals surface area (Å²) in [7, 11) is 0. The maximum Gasteiger partial charge on any atom is 0.164 e. The summed E-state index contributed by atoms with van der Waals surface area (Å²) in [6.45, 7) is 6.54. The monoisotopic (exact) mass is 330 g/mol. The fourth-order valence-corrected chi connectivity index (χ4v) is 7.71. The number of epoxide rings is 1. The van der Waals surface area contributed by atoms with Crippen LogP contribution in [0.2, 0.25) is 0 Å². The number of carbonyl (C=O) groups is 1. The molecule has 5 unspecified atom stereocenters. The lowest BCUT2D eigenvalue weighted by Gasteiger charge is -2.58. The smallest absolute Gasteiger partial charge is 0.164 e. The Kier molecular flexibility index (Phi) is 2.94. The average molecular weight is 330 g/mol. The summed E-state index contributed by atoms with van der Waals surface area (Å²) in [5.41, 5.74) is 1.39. The van der Waals surface area contributed by atoms with E-state index in [0.29, 0.717) is 11.8 Å². The Balaban J connectivity index is 1.51. The third-order valence-electron chi connectivity index (χ3n) is 9.03. The van der Waals surface area contributed by atoms with Gasteiger partial charge in [0.2, 0.25) is 0 Å². The third-order valence-corrected chi connectivity index (χ3v) is 9.03. The molecule has 0 spiro atoms. The van der Waals surface area contributed by atoms with E-state index in [-0.39, 0.29) is 28.8 Å². The van der Waals surface area contributed by atoms with Crippen molar-refractivity contribution in [3.63, 3.8) is 0 Å². The lowest BCUT2D eigenvalue weighted by molar-refractivity contribution is -0.135. The fraction of sp³-hybridized carbons (Fsp3) is 0.857. The largest absolute Gasteiger partial charge is 0.393 e. The van der Waals surface area contributed by atoms with E-state index >= 15 is 0 Å². The Morgan fingerprint density at radius 3 is 2.79 bits per heavy atom. The van der Waals surface area contributed by atoms with Crippen LogP contribution in [0.4, 0.5) is 0 Å². The highest BCUT2D eigenvalue weighted by Gasteiger charge is 2.79. The maximum atomic E-state index is 12.4. The minimum atomic E-state index is -0.448. The molecule has 132 valence electrons. The van der Waals surface area contributed by atoms with Gasteiger partial charge in [-0.15, -0.1) is 0 Å². The SMILES string of the molecule is CC(=O)C12O[C@@H]1CC1C3CC=C4CC(O)CC[C@]4(C)C3CC[C@@]12C. The summed E-state index contributed by atoms with van der Waals surface area (Å²) in [5.74, 6) is 2.31. The molecule has 0 aromatic rings. The Morgan fingerprint density at radius 1 is 1.25 bits per heavy atom. The molecule has 24 heavy (non-hydrogen) atoms. The molecule has 0 aromatic heterocycles. The van der Waals surface area contributed by atoms with Gasteiger partial charge in [0.15, 0.2) is 11.4 Å². The number of rotatable bonds is 1. The van der Waals surface area contributed by atoms with Crippen LogP contribution in [0.25, 0.3) is 0 Å². The second-order valence-corrected chi connectivity index (χ2v) is 9.75. The van der Waals surface area contributed by atoms with E-state index in [4.69, 9.17) is 4.74 Å². The van der Waals surface area contributed by atoms with Crippen molar-refractivity contribution in [3.05, 3.63) is 11.6 Å². The van der Waals surface area contributed by atoms with Gasteiger partial charge in [0, 0.05) is 5.41 Å². The normalized spacial score (nSPS) is 58.0. The summed E-state index contributed by atoms with van der Waals surface area (Å²) in [6, 6.07) is 0. The molecule has 1 N–H and O–H groups in total. The average Bonchev–Trinajstić information content (AvgIpc) is 3.21. The molecule has 3 nitrogen and oxygen atoms in total. The van der Waals surface area contributed by atoms with Crippen LogP contribution in [-0.2, 0) is 9.53 Å². The van der Waals surface area contributed by atoms with Crippen molar-refractivity contribution in [2.24, 2.45) is 28.6 Å². The number of hydrogen-bond acceptors (Lipinski definition) is 3. The van der Waals surface area contributed by atoms with Gasteiger partial charge in [0.05, 0.1) is 12.2 Å². The van der Waals surface area contributed by atoms with Crippen molar-refractivity contribution >= 4 is 5.78 Å². The first kappa shape index (κ1) is 15.6. The van der Waals surface area contributed by atoms with Crippen LogP contribution in [0.3, 0.4) is 0 Å². The molecule has 0 bridgehead atoms. The number of aliphatic hydroxyl groups is 1. The highest BCUT2D eigenvalue weighted by Crippen LogP contribution is 2.73. The van der Waals surface area contributed by atoms with Gasteiger partial charge in [-0.2, -0.15) is 0 Å². The van der Waals surface area contributed by atoms with Gasteiger partial charge in [-0.05, 0) is 75.0 Å². The van der Waals surface area contributed by atoms with Gasteiger partial charge in [0.1, 0.15) is 0 Å². The molecule has 4 fully saturated rings. The van der Waals surface area contributed by atoms with Crippen LogP contribution in [0.5, 0.6) is 0 Å². The van der Waals surface area contributed by atoms with E-state index < -0.39 is 5.60 Å². The van der Waals surface area contributed by atoms with E-state index in [2.05, 4.69) is 19.9 Å². The zero-order valence-electron chi connectivity index (χ0n) is 15.2. The summed E-state index contributed by atoms with van der Waals surface area (Å²) in [5, 5.41) is 10.1. The van der Waals surface area contributed by atoms with Gasteiger partial charge in [-0.25, -0.2) is 0 Å². The molecule has 8 atom stereocenters. The van der Waals surface area contributed by atoms with E-state index in [1.54, 1.807) is 6.92 Å². The minimum Gasteiger partial charge on any atom is -0.393 e. The Morgan fingerprint density at radius 2 is 2.04 bits per heavy atom. The number of Topliss-reactive ketones (excluding diaryl/α,β-unsaturated/α-hetero) is 1. The molecule has 3 saturated carbocycles. The first-order valence-corrected chi connectivity index (χ1v) is 9.89. The molecule has 5 aliphatic rings. The standard InChI is InChI=1S/C21H30O3/c1-12(22)21-18(24-21)11-17-15-5-4-13-10-14(23)6-8-19(13,2)16(15)7-9-20(17,21)3/h4,14-18,23H,5-11H2,1-3H3/t14?,15?,16?,17?,18-,19+,20+,21?/m1/s1. The number of fused-ring (bicyclic) bond motifs is 7. The molecular formula is C21H30O3. The van der Waals surface area contributed by atoms with Gasteiger partial charge in [-0.3, -0.25) is 4.79 Å². The van der Waals surface area contributed by atoms with Crippen LogP contribution in [0, 0.1) is 28.6 Å². The van der Waals surface area contributed by atoms with E-state index in [0.717, 1.165) is 44.4 Å². The summed E-state index contributed by atoms with van der Waals surface area (Å²) in [4.78, 5) is 12.4. The number of hydrogen-bond donors (Lipinski definition) is 1. The van der Waals surface area contributed by atoms with E-state index in [1.807, 2.05) is 0 Å². The first-order valence-electron chi connectivity index (χ1n) is 9.89. The van der Waals surface area contributed by atoms with Crippen molar-refractivity contribution in [2.45, 2.75) is 83.5 Å². The van der Waals surface area contributed by atoms with Crippen molar-refractivity contribution in [1.82, 2.24) is 0 Å². The predicted molar refractivity (Wildman–Crippen MR) is 91.4 cm³/mol. The molecule has 4 aliphatic carbocycles. The summed E-state index contributed by atoms with van der Waals surface area (Å²) >= 11 is 0. The number of allylic oxidation sites excluding steroid dienone is 1. The molecule has 1 saturated heterocycles. The van der Waals surface area contributed by atoms with Gasteiger partial charge in [0.25, 0.3) is 0 Å². The van der Waals surface area contributed by atoms with E-state index in [1.165, 1.54) is 12.0 Å². The topological polar surface area (TPSA) is 49.8 Å². The molecule has 0 amide bonds. The quantitative estimate of drug-likeness (QED) is 0.590. The third kappa shape index (κ3) is 1.60. The van der Waals surface area contributed by atoms with Crippen LogP contribution >= 0.6 is 0 Å². The Hall–Kier alpha value is -0.670. The van der Waals surface area contributed by atoms with Gasteiger partial charge in [-0.1, -0.05) is 25.5 Å². The van der Waals surface area contributed by atoms with Crippen molar-refractivity contribution in [3.8, 4) is 0 Å². The number of aliphatic hydroxyl groups excluding tert-OH is 1. The predicted octanol–water partition coefficient (Wildman–Crippen LogP) is 3.65. The second kappa shape index (κ2) is 4.54. The van der Waals surface area contributed by atoms with Crippen molar-refractivity contribution < 1.29 is 14.6 Å². The molecule has 0 radical (unpaired) electrons.